The molecule has 1 amide bonds. The molecule has 1 aliphatic heterocycles. The van der Waals surface area contributed by atoms with Gasteiger partial charge in [0.25, 0.3) is 0 Å². The van der Waals surface area contributed by atoms with Gasteiger partial charge < -0.3 is 15.4 Å². The molecule has 0 saturated heterocycles. The maximum absolute atomic E-state index is 12.3. The normalized spacial score (nSPS) is 14.6. The minimum Gasteiger partial charge on any atom is -0.490 e. The summed E-state index contributed by atoms with van der Waals surface area (Å²) < 4.78 is 32.3. The Balaban J connectivity index is 2.40. The summed E-state index contributed by atoms with van der Waals surface area (Å²) in [5.74, 6) is 0.272. The fourth-order valence-electron chi connectivity index (χ4n) is 2.18. The first-order valence-corrected chi connectivity index (χ1v) is 8.63. The van der Waals surface area contributed by atoms with Gasteiger partial charge in [0.05, 0.1) is 17.1 Å². The minimum absolute atomic E-state index is 0.0611. The zero-order valence-corrected chi connectivity index (χ0v) is 13.5. The molecule has 1 aromatic rings. The molecule has 0 spiro atoms. The number of amides is 1. The zero-order valence-electron chi connectivity index (χ0n) is 12.7. The lowest BCUT2D eigenvalue weighted by Gasteiger charge is -2.31. The van der Waals surface area contributed by atoms with Crippen molar-refractivity contribution in [3.63, 3.8) is 0 Å². The van der Waals surface area contributed by atoms with E-state index >= 15 is 0 Å². The third kappa shape index (κ3) is 3.40. The van der Waals surface area contributed by atoms with E-state index in [0.717, 1.165) is 0 Å². The number of nitrogens with two attached hydrogens (primary N) is 1. The molecule has 8 heteroatoms. The van der Waals surface area contributed by atoms with Crippen LogP contribution in [0.2, 0.25) is 0 Å². The Hall–Kier alpha value is -1.64. The van der Waals surface area contributed by atoms with Gasteiger partial charge in [-0.15, -0.1) is 0 Å². The van der Waals surface area contributed by atoms with Crippen molar-refractivity contribution in [2.24, 2.45) is 11.7 Å². The maximum Gasteiger partial charge on any atom is 0.240 e. The van der Waals surface area contributed by atoms with Crippen molar-refractivity contribution >= 4 is 21.6 Å². The van der Waals surface area contributed by atoms with Gasteiger partial charge in [0, 0.05) is 19.0 Å². The Morgan fingerprint density at radius 2 is 2.18 bits per heavy atom. The van der Waals surface area contributed by atoms with Crippen LogP contribution in [0, 0.1) is 5.92 Å². The average molecular weight is 327 g/mol. The molecule has 1 heterocycles. The number of ether oxygens (including phenoxy) is 1. The summed E-state index contributed by atoms with van der Waals surface area (Å²) in [5.41, 5.74) is 5.81. The predicted octanol–water partition coefficient (Wildman–Crippen LogP) is 0.305. The molecular formula is C14H21N3O4S. The summed E-state index contributed by atoms with van der Waals surface area (Å²) in [5, 5.41) is 0. The molecule has 3 N–H and O–H groups in total. The highest BCUT2D eigenvalue weighted by Crippen LogP contribution is 2.34. The molecule has 7 nitrogen and oxygen atoms in total. The Labute approximate surface area is 130 Å². The van der Waals surface area contributed by atoms with Gasteiger partial charge in [-0.25, -0.2) is 13.1 Å². The highest BCUT2D eigenvalue weighted by Gasteiger charge is 2.27. The van der Waals surface area contributed by atoms with Crippen LogP contribution in [0.4, 0.5) is 5.69 Å². The Morgan fingerprint density at radius 3 is 2.82 bits per heavy atom. The molecule has 0 saturated carbocycles. The second-order valence-corrected chi connectivity index (χ2v) is 7.08. The summed E-state index contributed by atoms with van der Waals surface area (Å²) in [6.45, 7) is 4.78. The number of carbonyl (C=O) groups is 1. The van der Waals surface area contributed by atoms with Crippen LogP contribution >= 0.6 is 0 Å². The van der Waals surface area contributed by atoms with Crippen molar-refractivity contribution < 1.29 is 17.9 Å². The first-order valence-electron chi connectivity index (χ1n) is 7.15. The molecule has 1 aromatic carbocycles. The SMILES string of the molecule is CC(C)C(=O)N1CCOc2ccc(S(=O)(=O)NCCN)cc21. The number of hydrogen-bond acceptors (Lipinski definition) is 5. The van der Waals surface area contributed by atoms with E-state index in [0.29, 0.717) is 24.6 Å². The van der Waals surface area contributed by atoms with Crippen LogP contribution < -0.4 is 20.1 Å². The molecule has 1 aliphatic rings. The Morgan fingerprint density at radius 1 is 1.45 bits per heavy atom. The van der Waals surface area contributed by atoms with Crippen LogP contribution in [0.3, 0.4) is 0 Å². The summed E-state index contributed by atoms with van der Waals surface area (Å²) in [4.78, 5) is 13.9. The van der Waals surface area contributed by atoms with E-state index in [-0.39, 0.29) is 29.8 Å². The smallest absolute Gasteiger partial charge is 0.240 e. The molecule has 122 valence electrons. The zero-order chi connectivity index (χ0) is 16.3. The second kappa shape index (κ2) is 6.64. The quantitative estimate of drug-likeness (QED) is 0.810. The molecule has 0 unspecified atom stereocenters. The fourth-order valence-corrected chi connectivity index (χ4v) is 3.25. The predicted molar refractivity (Wildman–Crippen MR) is 83.4 cm³/mol. The molecular weight excluding hydrogens is 306 g/mol. The van der Waals surface area contributed by atoms with E-state index in [1.165, 1.54) is 12.1 Å². The Kier molecular flexibility index (Phi) is 5.05. The van der Waals surface area contributed by atoms with Gasteiger partial charge >= 0.3 is 0 Å². The van der Waals surface area contributed by atoms with E-state index in [4.69, 9.17) is 10.5 Å². The average Bonchev–Trinajstić information content (AvgIpc) is 2.51. The van der Waals surface area contributed by atoms with E-state index in [2.05, 4.69) is 4.72 Å². The first-order chi connectivity index (χ1) is 10.4. The van der Waals surface area contributed by atoms with Gasteiger partial charge in [0.2, 0.25) is 15.9 Å². The summed E-state index contributed by atoms with van der Waals surface area (Å²) in [7, 11) is -3.65. The molecule has 0 radical (unpaired) electrons. The molecule has 0 aromatic heterocycles. The number of nitrogens with one attached hydrogen (secondary N) is 1. The number of rotatable bonds is 5. The molecule has 0 atom stereocenters. The van der Waals surface area contributed by atoms with E-state index in [1.807, 2.05) is 0 Å². The molecule has 0 bridgehead atoms. The number of benzene rings is 1. The number of anilines is 1. The van der Waals surface area contributed by atoms with Gasteiger partial charge in [-0.1, -0.05) is 13.8 Å². The Bertz CT molecular complexity index is 658. The van der Waals surface area contributed by atoms with Crippen molar-refractivity contribution in [2.75, 3.05) is 31.1 Å². The highest BCUT2D eigenvalue weighted by molar-refractivity contribution is 7.89. The largest absolute Gasteiger partial charge is 0.490 e. The van der Waals surface area contributed by atoms with E-state index < -0.39 is 10.0 Å². The van der Waals surface area contributed by atoms with Crippen LogP contribution in [0.5, 0.6) is 5.75 Å². The van der Waals surface area contributed by atoms with Crippen molar-refractivity contribution in [3.05, 3.63) is 18.2 Å². The standard InChI is InChI=1S/C14H21N3O4S/c1-10(2)14(18)17-7-8-21-13-4-3-11(9-12(13)17)22(19,20)16-6-5-15/h3-4,9-10,16H,5-8,15H2,1-2H3. The monoisotopic (exact) mass is 327 g/mol. The molecule has 22 heavy (non-hydrogen) atoms. The summed E-state index contributed by atoms with van der Waals surface area (Å²) in [6, 6.07) is 4.50. The van der Waals surface area contributed by atoms with Crippen LogP contribution in [0.1, 0.15) is 13.8 Å². The number of hydrogen-bond donors (Lipinski definition) is 2. The molecule has 2 rings (SSSR count). The van der Waals surface area contributed by atoms with Crippen LogP contribution in [-0.4, -0.2) is 40.6 Å². The van der Waals surface area contributed by atoms with E-state index in [1.54, 1.807) is 24.8 Å². The van der Waals surface area contributed by atoms with Gasteiger partial charge in [-0.3, -0.25) is 4.79 Å². The third-order valence-electron chi connectivity index (χ3n) is 3.30. The number of nitrogens with zero attached hydrogens (tertiary/aromatic N) is 1. The van der Waals surface area contributed by atoms with Crippen molar-refractivity contribution in [3.8, 4) is 5.75 Å². The minimum atomic E-state index is -3.65. The lowest BCUT2D eigenvalue weighted by atomic mass is 10.1. The lowest BCUT2D eigenvalue weighted by Crippen LogP contribution is -2.40. The van der Waals surface area contributed by atoms with Gasteiger partial charge in [-0.05, 0) is 18.2 Å². The van der Waals surface area contributed by atoms with Crippen LogP contribution in [0.25, 0.3) is 0 Å². The summed E-state index contributed by atoms with van der Waals surface area (Å²) in [6.07, 6.45) is 0. The van der Waals surface area contributed by atoms with Crippen molar-refractivity contribution in [1.82, 2.24) is 4.72 Å². The molecule has 0 fully saturated rings. The third-order valence-corrected chi connectivity index (χ3v) is 4.76. The first kappa shape index (κ1) is 16.7. The van der Waals surface area contributed by atoms with Gasteiger partial charge in [-0.2, -0.15) is 0 Å². The van der Waals surface area contributed by atoms with Crippen molar-refractivity contribution in [2.45, 2.75) is 18.7 Å². The number of sulfonamides is 1. The summed E-state index contributed by atoms with van der Waals surface area (Å²) >= 11 is 0. The molecule has 0 aliphatic carbocycles. The van der Waals surface area contributed by atoms with Crippen LogP contribution in [-0.2, 0) is 14.8 Å². The lowest BCUT2D eigenvalue weighted by molar-refractivity contribution is -0.121. The van der Waals surface area contributed by atoms with Crippen LogP contribution in [0.15, 0.2) is 23.1 Å². The van der Waals surface area contributed by atoms with E-state index in [9.17, 15) is 13.2 Å². The van der Waals surface area contributed by atoms with Crippen molar-refractivity contribution in [1.29, 1.82) is 0 Å². The number of carbonyl (C=O) groups excluding carboxylic acids is 1. The number of fused-ring (bicyclic) bond motifs is 1. The second-order valence-electron chi connectivity index (χ2n) is 5.31. The maximum atomic E-state index is 12.3. The highest BCUT2D eigenvalue weighted by atomic mass is 32.2. The van der Waals surface area contributed by atoms with Gasteiger partial charge in [0.15, 0.2) is 0 Å². The van der Waals surface area contributed by atoms with Gasteiger partial charge in [0.1, 0.15) is 12.4 Å². The fraction of sp³-hybridized carbons (Fsp3) is 0.500. The topological polar surface area (TPSA) is 102 Å².